The van der Waals surface area contributed by atoms with E-state index in [1.165, 1.54) is 69.1 Å². The van der Waals surface area contributed by atoms with Gasteiger partial charge in [-0.05, 0) is 117 Å². The lowest BCUT2D eigenvalue weighted by atomic mass is 9.63. The maximum Gasteiger partial charge on any atom is 0.129 e. The average Bonchev–Trinajstić information content (AvgIpc) is 2.83. The van der Waals surface area contributed by atoms with Crippen molar-refractivity contribution in [3.05, 3.63) is 84.0 Å². The maximum absolute atomic E-state index is 14.5. The van der Waals surface area contributed by atoms with Crippen LogP contribution in [0.15, 0.2) is 61.2 Å². The van der Waals surface area contributed by atoms with E-state index >= 15 is 0 Å². The number of hydrogen-bond acceptors (Lipinski definition) is 0. The molecular weight excluding hydrogens is 410 g/mol. The Hall–Kier alpha value is -2.22. The fraction of sp³-hybridized carbons (Fsp3) is 0.484. The van der Waals surface area contributed by atoms with Crippen molar-refractivity contribution in [1.29, 1.82) is 0 Å². The second kappa shape index (κ2) is 11.3. The van der Waals surface area contributed by atoms with Crippen molar-refractivity contribution in [2.24, 2.45) is 17.8 Å². The fourth-order valence-corrected chi connectivity index (χ4v) is 6.25. The van der Waals surface area contributed by atoms with Gasteiger partial charge in [0.05, 0.1) is 0 Å². The molecule has 4 atom stereocenters. The van der Waals surface area contributed by atoms with Gasteiger partial charge in [-0.25, -0.2) is 8.78 Å². The first-order chi connectivity index (χ1) is 16.1. The predicted molar refractivity (Wildman–Crippen MR) is 135 cm³/mol. The summed E-state index contributed by atoms with van der Waals surface area (Å²) in [5, 5.41) is 0. The van der Waals surface area contributed by atoms with Gasteiger partial charge >= 0.3 is 0 Å². The SMILES string of the molecule is C=CCCc1c(F)cc(-c2ccc(C3CCC4CC(CC/C=C/C)CCC4C3)cc2)cc1F. The zero-order valence-electron chi connectivity index (χ0n) is 20.0. The minimum atomic E-state index is -0.462. The third-order valence-corrected chi connectivity index (χ3v) is 8.15. The fourth-order valence-electron chi connectivity index (χ4n) is 6.25. The van der Waals surface area contributed by atoms with Crippen molar-refractivity contribution in [1.82, 2.24) is 0 Å². The van der Waals surface area contributed by atoms with Gasteiger partial charge in [0.25, 0.3) is 0 Å². The third kappa shape index (κ3) is 5.83. The number of rotatable bonds is 8. The molecule has 2 aliphatic carbocycles. The summed E-state index contributed by atoms with van der Waals surface area (Å²) in [7, 11) is 0. The molecule has 0 spiro atoms. The third-order valence-electron chi connectivity index (χ3n) is 8.15. The minimum absolute atomic E-state index is 0.156. The molecule has 2 aromatic rings. The molecule has 2 aromatic carbocycles. The molecule has 0 amide bonds. The summed E-state index contributed by atoms with van der Waals surface area (Å²) in [6.07, 6.45) is 17.8. The van der Waals surface area contributed by atoms with Crippen LogP contribution in [0, 0.1) is 29.4 Å². The van der Waals surface area contributed by atoms with Gasteiger partial charge in [-0.15, -0.1) is 6.58 Å². The molecule has 0 radical (unpaired) electrons. The average molecular weight is 449 g/mol. The van der Waals surface area contributed by atoms with Gasteiger partial charge in [0.15, 0.2) is 0 Å². The number of hydrogen-bond donors (Lipinski definition) is 0. The molecule has 33 heavy (non-hydrogen) atoms. The molecule has 0 bridgehead atoms. The van der Waals surface area contributed by atoms with Crippen LogP contribution in [-0.4, -0.2) is 0 Å². The van der Waals surface area contributed by atoms with Crippen LogP contribution < -0.4 is 0 Å². The number of benzene rings is 2. The summed E-state index contributed by atoms with van der Waals surface area (Å²) in [5.74, 6) is 2.39. The normalized spacial score (nSPS) is 25.2. The van der Waals surface area contributed by atoms with Crippen molar-refractivity contribution in [3.8, 4) is 11.1 Å². The Morgan fingerprint density at radius 3 is 2.27 bits per heavy atom. The first-order valence-electron chi connectivity index (χ1n) is 12.9. The van der Waals surface area contributed by atoms with Gasteiger partial charge in [-0.1, -0.05) is 48.9 Å². The molecule has 2 fully saturated rings. The van der Waals surface area contributed by atoms with Gasteiger partial charge in [0.1, 0.15) is 11.6 Å². The Bertz CT molecular complexity index is 932. The summed E-state index contributed by atoms with van der Waals surface area (Å²) in [6, 6.07) is 11.4. The molecule has 2 aliphatic rings. The van der Waals surface area contributed by atoms with Gasteiger partial charge in [-0.3, -0.25) is 0 Å². The second-order valence-electron chi connectivity index (χ2n) is 10.2. The Kier molecular flexibility index (Phi) is 8.17. The summed E-state index contributed by atoms with van der Waals surface area (Å²) < 4.78 is 29.0. The van der Waals surface area contributed by atoms with E-state index in [0.717, 1.165) is 23.3 Å². The lowest BCUT2D eigenvalue weighted by molar-refractivity contribution is 0.115. The standard InChI is InChI=1S/C31H38F2/c1-3-5-7-8-22-10-11-27-19-26(17-16-25(27)18-22)23-12-14-24(15-13-23)28-20-30(32)29(9-6-4-2)31(33)21-28/h3-5,12-15,20-22,25-27H,2,6-11,16-19H2,1H3/b5-3+. The van der Waals surface area contributed by atoms with Crippen LogP contribution in [0.2, 0.25) is 0 Å². The van der Waals surface area contributed by atoms with E-state index in [-0.39, 0.29) is 5.56 Å². The van der Waals surface area contributed by atoms with Gasteiger partial charge in [-0.2, -0.15) is 0 Å². The van der Waals surface area contributed by atoms with Gasteiger partial charge in [0, 0.05) is 5.56 Å². The van der Waals surface area contributed by atoms with Crippen LogP contribution in [0.4, 0.5) is 8.78 Å². The van der Waals surface area contributed by atoms with E-state index in [2.05, 4.69) is 37.8 Å². The molecule has 0 N–H and O–H groups in total. The number of halogens is 2. The molecule has 0 aliphatic heterocycles. The molecule has 4 rings (SSSR count). The van der Waals surface area contributed by atoms with Crippen LogP contribution in [0.25, 0.3) is 11.1 Å². The molecule has 0 heterocycles. The Labute approximate surface area is 198 Å². The van der Waals surface area contributed by atoms with E-state index in [1.807, 2.05) is 12.1 Å². The Balaban J connectivity index is 1.38. The Morgan fingerprint density at radius 1 is 0.879 bits per heavy atom. The first-order valence-corrected chi connectivity index (χ1v) is 12.9. The lowest BCUT2D eigenvalue weighted by Crippen LogP contribution is -2.30. The van der Waals surface area contributed by atoms with Crippen LogP contribution in [0.3, 0.4) is 0 Å². The number of allylic oxidation sites excluding steroid dienone is 3. The first kappa shape index (κ1) is 23.9. The molecule has 0 saturated heterocycles. The van der Waals surface area contributed by atoms with E-state index in [4.69, 9.17) is 0 Å². The number of fused-ring (bicyclic) bond motifs is 1. The van der Waals surface area contributed by atoms with Gasteiger partial charge in [0.2, 0.25) is 0 Å². The van der Waals surface area contributed by atoms with Crippen molar-refractivity contribution in [3.63, 3.8) is 0 Å². The van der Waals surface area contributed by atoms with E-state index in [0.29, 0.717) is 24.3 Å². The molecule has 0 aromatic heterocycles. The second-order valence-corrected chi connectivity index (χ2v) is 10.2. The van der Waals surface area contributed by atoms with E-state index in [1.54, 1.807) is 6.08 Å². The predicted octanol–water partition coefficient (Wildman–Crippen LogP) is 9.41. The summed E-state index contributed by atoms with van der Waals surface area (Å²) in [6.45, 7) is 5.75. The lowest BCUT2D eigenvalue weighted by Gasteiger charge is -2.42. The smallest absolute Gasteiger partial charge is 0.129 e. The largest absolute Gasteiger partial charge is 0.207 e. The van der Waals surface area contributed by atoms with Crippen LogP contribution >= 0.6 is 0 Å². The minimum Gasteiger partial charge on any atom is -0.207 e. The molecule has 4 unspecified atom stereocenters. The molecular formula is C31H38F2. The molecule has 0 nitrogen and oxygen atoms in total. The van der Waals surface area contributed by atoms with Crippen LogP contribution in [0.5, 0.6) is 0 Å². The highest BCUT2D eigenvalue weighted by molar-refractivity contribution is 5.64. The van der Waals surface area contributed by atoms with Crippen LogP contribution in [-0.2, 0) is 6.42 Å². The van der Waals surface area contributed by atoms with Crippen LogP contribution in [0.1, 0.15) is 81.8 Å². The Morgan fingerprint density at radius 2 is 1.58 bits per heavy atom. The molecule has 2 saturated carbocycles. The van der Waals surface area contributed by atoms with Crippen molar-refractivity contribution < 1.29 is 8.78 Å². The zero-order valence-corrected chi connectivity index (χ0v) is 20.0. The van der Waals surface area contributed by atoms with E-state index in [9.17, 15) is 8.78 Å². The van der Waals surface area contributed by atoms with Crippen molar-refractivity contribution in [2.75, 3.05) is 0 Å². The maximum atomic E-state index is 14.5. The van der Waals surface area contributed by atoms with Gasteiger partial charge < -0.3 is 0 Å². The summed E-state index contributed by atoms with van der Waals surface area (Å²) in [5.41, 5.74) is 3.03. The molecule has 2 heteroatoms. The quantitative estimate of drug-likeness (QED) is 0.353. The van der Waals surface area contributed by atoms with Crippen molar-refractivity contribution >= 4 is 0 Å². The highest BCUT2D eigenvalue weighted by Gasteiger charge is 2.35. The highest BCUT2D eigenvalue weighted by Crippen LogP contribution is 2.48. The van der Waals surface area contributed by atoms with E-state index < -0.39 is 11.6 Å². The zero-order chi connectivity index (χ0) is 23.2. The topological polar surface area (TPSA) is 0 Å². The van der Waals surface area contributed by atoms with Crippen molar-refractivity contribution in [2.45, 2.75) is 77.0 Å². The molecule has 176 valence electrons. The summed E-state index contributed by atoms with van der Waals surface area (Å²) >= 11 is 0. The monoisotopic (exact) mass is 448 g/mol. The highest BCUT2D eigenvalue weighted by atomic mass is 19.1. The summed E-state index contributed by atoms with van der Waals surface area (Å²) in [4.78, 5) is 0.